The molecule has 0 radical (unpaired) electrons. The van der Waals surface area contributed by atoms with Crippen LogP contribution in [0.3, 0.4) is 0 Å². The molecule has 6 rings (SSSR count). The van der Waals surface area contributed by atoms with E-state index < -0.39 is 76.5 Å². The molecule has 9 N–H and O–H groups in total. The average molecular weight is 621 g/mol. The lowest BCUT2D eigenvalue weighted by Crippen LogP contribution is -2.39. The van der Waals surface area contributed by atoms with E-state index in [0.29, 0.717) is 0 Å². The van der Waals surface area contributed by atoms with Gasteiger partial charge in [-0.2, -0.15) is 0 Å². The first-order valence-electron chi connectivity index (χ1n) is 13.7. The minimum absolute atomic E-state index is 0.0324. The molecule has 234 valence electrons. The Balaban J connectivity index is 1.60. The summed E-state index contributed by atoms with van der Waals surface area (Å²) in [7, 11) is 0. The summed E-state index contributed by atoms with van der Waals surface area (Å²) in [5.74, 6) is -6.03. The number of phenolic OH excluding ortho intramolecular Hbond substituents is 8. The van der Waals surface area contributed by atoms with Crippen LogP contribution in [0.1, 0.15) is 52.9 Å². The SMILES string of the molecule is CC(=O)O[C@H]1C(c2c(O)cc(O)c3c2O[C@H](c2ccc(O)c(O)c2)C(O)C3)c2c(O)cc(O)cc2O[C@@H]1c1ccc(O)c(O)c1. The summed E-state index contributed by atoms with van der Waals surface area (Å²) in [4.78, 5) is 12.5. The van der Waals surface area contributed by atoms with Crippen LogP contribution < -0.4 is 9.47 Å². The van der Waals surface area contributed by atoms with Gasteiger partial charge >= 0.3 is 5.97 Å². The Bertz CT molecular complexity index is 1830. The number of fused-ring (bicyclic) bond motifs is 2. The highest BCUT2D eigenvalue weighted by Crippen LogP contribution is 2.58. The van der Waals surface area contributed by atoms with E-state index in [1.54, 1.807) is 0 Å². The molecular weight excluding hydrogens is 592 g/mol. The molecule has 4 aromatic carbocycles. The van der Waals surface area contributed by atoms with Crippen molar-refractivity contribution in [3.8, 4) is 57.5 Å². The van der Waals surface area contributed by atoms with Gasteiger partial charge in [0.05, 0.1) is 12.0 Å². The second-order valence-electron chi connectivity index (χ2n) is 10.9. The fourth-order valence-electron chi connectivity index (χ4n) is 6.01. The Hall–Kier alpha value is -5.69. The molecule has 0 aromatic heterocycles. The van der Waals surface area contributed by atoms with Gasteiger partial charge < -0.3 is 60.2 Å². The number of aliphatic hydroxyl groups excluding tert-OH is 1. The van der Waals surface area contributed by atoms with Crippen molar-refractivity contribution in [3.63, 3.8) is 0 Å². The van der Waals surface area contributed by atoms with E-state index in [-0.39, 0.29) is 51.5 Å². The van der Waals surface area contributed by atoms with E-state index >= 15 is 0 Å². The molecule has 0 bridgehead atoms. The standard InChI is InChI=1S/C32H28O13/c1-12(33)43-32-28(26-22(40)8-15(34)9-25(26)44-30(32)14-3-5-18(36)21(39)7-14)27-23(41)11-19(37)16-10-24(42)29(45-31(16)27)13-2-4-17(35)20(38)6-13/h2-9,11,24,28-30,32,34-42H,10H2,1H3/t24?,28?,29-,30-,32+/m1/s1. The molecular formula is C32H28O13. The van der Waals surface area contributed by atoms with Crippen LogP contribution in [0.4, 0.5) is 0 Å². The van der Waals surface area contributed by atoms with Crippen LogP contribution in [0.25, 0.3) is 0 Å². The van der Waals surface area contributed by atoms with Gasteiger partial charge in [0.1, 0.15) is 40.6 Å². The lowest BCUT2D eigenvalue weighted by Gasteiger charge is -2.41. The molecule has 0 saturated heterocycles. The number of hydrogen-bond acceptors (Lipinski definition) is 13. The van der Waals surface area contributed by atoms with E-state index in [0.717, 1.165) is 19.1 Å². The van der Waals surface area contributed by atoms with Gasteiger partial charge in [-0.05, 0) is 29.8 Å². The van der Waals surface area contributed by atoms with Gasteiger partial charge in [-0.25, -0.2) is 0 Å². The van der Waals surface area contributed by atoms with Gasteiger partial charge in [-0.15, -0.1) is 0 Å². The largest absolute Gasteiger partial charge is 0.508 e. The third kappa shape index (κ3) is 5.02. The summed E-state index contributed by atoms with van der Waals surface area (Å²) in [6.07, 6.45) is -5.32. The molecule has 0 spiro atoms. The van der Waals surface area contributed by atoms with Crippen molar-refractivity contribution in [1.29, 1.82) is 0 Å². The lowest BCUT2D eigenvalue weighted by atomic mass is 9.77. The third-order valence-electron chi connectivity index (χ3n) is 7.95. The first-order valence-corrected chi connectivity index (χ1v) is 13.7. The highest BCUT2D eigenvalue weighted by Gasteiger charge is 2.48. The van der Waals surface area contributed by atoms with Crippen molar-refractivity contribution in [2.75, 3.05) is 0 Å². The highest BCUT2D eigenvalue weighted by molar-refractivity contribution is 5.69. The average Bonchev–Trinajstić information content (AvgIpc) is 2.96. The Kier molecular flexibility index (Phi) is 7.04. The first-order chi connectivity index (χ1) is 21.3. The quantitative estimate of drug-likeness (QED) is 0.118. The van der Waals surface area contributed by atoms with Crippen LogP contribution in [0.15, 0.2) is 54.6 Å². The zero-order chi connectivity index (χ0) is 32.3. The van der Waals surface area contributed by atoms with Crippen molar-refractivity contribution in [1.82, 2.24) is 0 Å². The molecule has 0 saturated carbocycles. The Labute approximate surface area is 254 Å². The monoisotopic (exact) mass is 620 g/mol. The van der Waals surface area contributed by atoms with Crippen LogP contribution in [0, 0.1) is 0 Å². The van der Waals surface area contributed by atoms with Gasteiger partial charge in [0.25, 0.3) is 0 Å². The fraction of sp³-hybridized carbons (Fsp3) is 0.219. The number of aliphatic hydroxyl groups is 1. The van der Waals surface area contributed by atoms with Crippen LogP contribution in [-0.4, -0.2) is 64.1 Å². The first kappa shape index (κ1) is 29.4. The van der Waals surface area contributed by atoms with Gasteiger partial charge in [0.15, 0.2) is 35.2 Å². The van der Waals surface area contributed by atoms with E-state index in [1.807, 2.05) is 0 Å². The van der Waals surface area contributed by atoms with Gasteiger partial charge in [0, 0.05) is 53.8 Å². The summed E-state index contributed by atoms with van der Waals surface area (Å²) in [5.41, 5.74) is 0.395. The van der Waals surface area contributed by atoms with E-state index in [9.17, 15) is 50.8 Å². The molecule has 45 heavy (non-hydrogen) atoms. The third-order valence-corrected chi connectivity index (χ3v) is 7.95. The number of hydrogen-bond donors (Lipinski definition) is 9. The molecule has 2 aliphatic rings. The van der Waals surface area contributed by atoms with Crippen molar-refractivity contribution in [3.05, 3.63) is 82.4 Å². The number of carbonyl (C=O) groups excluding carboxylic acids is 1. The van der Waals surface area contributed by atoms with Crippen LogP contribution in [-0.2, 0) is 16.0 Å². The molecule has 13 nitrogen and oxygen atoms in total. The molecule has 2 unspecified atom stereocenters. The summed E-state index contributed by atoms with van der Waals surface area (Å²) < 4.78 is 18.1. The second kappa shape index (κ2) is 10.8. The maximum Gasteiger partial charge on any atom is 0.303 e. The fourth-order valence-corrected chi connectivity index (χ4v) is 6.01. The maximum atomic E-state index is 12.5. The van der Waals surface area contributed by atoms with E-state index in [4.69, 9.17) is 14.2 Å². The van der Waals surface area contributed by atoms with Gasteiger partial charge in [-0.3, -0.25) is 4.79 Å². The minimum Gasteiger partial charge on any atom is -0.508 e. The number of phenols is 8. The molecule has 0 fully saturated rings. The summed E-state index contributed by atoms with van der Waals surface area (Å²) in [6.45, 7) is 1.13. The topological polar surface area (TPSA) is 227 Å². The number of ether oxygens (including phenoxy) is 3. The number of rotatable bonds is 4. The number of benzene rings is 4. The van der Waals surface area contributed by atoms with Crippen molar-refractivity contribution < 1.29 is 65.0 Å². The number of aromatic hydroxyl groups is 8. The van der Waals surface area contributed by atoms with Crippen molar-refractivity contribution >= 4 is 5.97 Å². The predicted octanol–water partition coefficient (Wildman–Crippen LogP) is 3.57. The smallest absolute Gasteiger partial charge is 0.303 e. The molecule has 5 atom stereocenters. The zero-order valence-corrected chi connectivity index (χ0v) is 23.4. The molecule has 2 aliphatic heterocycles. The lowest BCUT2D eigenvalue weighted by molar-refractivity contribution is -0.154. The Morgan fingerprint density at radius 3 is 1.89 bits per heavy atom. The van der Waals surface area contributed by atoms with Crippen LogP contribution >= 0.6 is 0 Å². The van der Waals surface area contributed by atoms with Gasteiger partial charge in [0.2, 0.25) is 0 Å². The Morgan fingerprint density at radius 2 is 1.29 bits per heavy atom. The van der Waals surface area contributed by atoms with Crippen LogP contribution in [0.5, 0.6) is 57.5 Å². The maximum absolute atomic E-state index is 12.5. The second-order valence-corrected chi connectivity index (χ2v) is 10.9. The van der Waals surface area contributed by atoms with Crippen molar-refractivity contribution in [2.24, 2.45) is 0 Å². The molecule has 4 aromatic rings. The zero-order valence-electron chi connectivity index (χ0n) is 23.4. The summed E-state index contributed by atoms with van der Waals surface area (Å²) >= 11 is 0. The molecule has 13 heteroatoms. The number of carbonyl (C=O) groups is 1. The van der Waals surface area contributed by atoms with Gasteiger partial charge in [-0.1, -0.05) is 12.1 Å². The van der Waals surface area contributed by atoms with Crippen molar-refractivity contribution in [2.45, 2.75) is 43.7 Å². The van der Waals surface area contributed by atoms with E-state index in [1.165, 1.54) is 42.5 Å². The number of esters is 1. The Morgan fingerprint density at radius 1 is 0.689 bits per heavy atom. The highest BCUT2D eigenvalue weighted by atomic mass is 16.6. The minimum atomic E-state index is -1.40. The predicted molar refractivity (Wildman–Crippen MR) is 153 cm³/mol. The molecule has 0 amide bonds. The van der Waals surface area contributed by atoms with E-state index in [2.05, 4.69) is 0 Å². The van der Waals surface area contributed by atoms with Crippen LogP contribution in [0.2, 0.25) is 0 Å². The summed E-state index contributed by atoms with van der Waals surface area (Å²) in [6, 6.07) is 10.8. The molecule has 2 heterocycles. The summed E-state index contributed by atoms with van der Waals surface area (Å²) in [5, 5.41) is 94.8. The molecule has 0 aliphatic carbocycles. The normalized spacial score (nSPS) is 22.0.